The molecule has 0 aromatic carbocycles. The molecule has 0 bridgehead atoms. The second-order valence-corrected chi connectivity index (χ2v) is 3.94. The van der Waals surface area contributed by atoms with Crippen molar-refractivity contribution in [2.45, 2.75) is 19.4 Å². The fraction of sp³-hybridized carbons (Fsp3) is 0.600. The van der Waals surface area contributed by atoms with E-state index in [1.54, 1.807) is 6.92 Å². The SMILES string of the molecule is C=C(C)[C@@H]1CN[C@H](C(=O)O)[C@H]1CC(=O)O. The molecule has 3 atom stereocenters. The summed E-state index contributed by atoms with van der Waals surface area (Å²) in [4.78, 5) is 21.5. The Hall–Kier alpha value is -1.36. The van der Waals surface area contributed by atoms with Gasteiger partial charge in [0.2, 0.25) is 0 Å². The highest BCUT2D eigenvalue weighted by molar-refractivity contribution is 5.76. The number of carboxylic acids is 2. The van der Waals surface area contributed by atoms with Gasteiger partial charge in [-0.2, -0.15) is 0 Å². The number of nitrogens with one attached hydrogen (secondary N) is 1. The van der Waals surface area contributed by atoms with E-state index in [2.05, 4.69) is 11.9 Å². The third kappa shape index (κ3) is 2.56. The minimum absolute atomic E-state index is 0.0674. The smallest absolute Gasteiger partial charge is 0.321 e. The highest BCUT2D eigenvalue weighted by Gasteiger charge is 2.41. The van der Waals surface area contributed by atoms with Gasteiger partial charge in [0.15, 0.2) is 0 Å². The first-order chi connectivity index (χ1) is 6.93. The topological polar surface area (TPSA) is 86.6 Å². The highest BCUT2D eigenvalue weighted by atomic mass is 16.4. The van der Waals surface area contributed by atoms with Crippen molar-refractivity contribution in [2.24, 2.45) is 11.8 Å². The maximum Gasteiger partial charge on any atom is 0.321 e. The second-order valence-electron chi connectivity index (χ2n) is 3.94. The molecule has 1 rings (SSSR count). The quantitative estimate of drug-likeness (QED) is 0.586. The Morgan fingerprint density at radius 2 is 2.07 bits per heavy atom. The summed E-state index contributed by atoms with van der Waals surface area (Å²) in [6, 6.07) is -0.775. The molecule has 0 radical (unpaired) electrons. The number of carbonyl (C=O) groups is 2. The normalized spacial score (nSPS) is 30.1. The van der Waals surface area contributed by atoms with E-state index in [0.717, 1.165) is 5.57 Å². The van der Waals surface area contributed by atoms with Crippen LogP contribution in [-0.4, -0.2) is 34.7 Å². The van der Waals surface area contributed by atoms with Crippen molar-refractivity contribution in [3.05, 3.63) is 12.2 Å². The molecule has 3 N–H and O–H groups in total. The first kappa shape index (κ1) is 11.7. The molecule has 1 saturated heterocycles. The van der Waals surface area contributed by atoms with Gasteiger partial charge in [-0.15, -0.1) is 0 Å². The molecule has 5 heteroatoms. The monoisotopic (exact) mass is 213 g/mol. The molecule has 0 aromatic rings. The average molecular weight is 213 g/mol. The summed E-state index contributed by atoms with van der Waals surface area (Å²) in [5.41, 5.74) is 0.831. The van der Waals surface area contributed by atoms with E-state index in [0.29, 0.717) is 6.54 Å². The van der Waals surface area contributed by atoms with Gasteiger partial charge in [0, 0.05) is 12.5 Å². The third-order valence-electron chi connectivity index (χ3n) is 2.81. The second kappa shape index (κ2) is 4.44. The Labute approximate surface area is 87.8 Å². The van der Waals surface area contributed by atoms with Gasteiger partial charge >= 0.3 is 11.9 Å². The van der Waals surface area contributed by atoms with Crippen LogP contribution in [0.4, 0.5) is 0 Å². The van der Waals surface area contributed by atoms with Gasteiger partial charge in [-0.1, -0.05) is 12.2 Å². The van der Waals surface area contributed by atoms with Crippen molar-refractivity contribution in [1.29, 1.82) is 0 Å². The summed E-state index contributed by atoms with van der Waals surface area (Å²) in [5, 5.41) is 20.5. The van der Waals surface area contributed by atoms with Gasteiger partial charge in [0.1, 0.15) is 6.04 Å². The molecular formula is C10H15NO4. The summed E-state index contributed by atoms with van der Waals surface area (Å²) in [6.45, 7) is 6.05. The zero-order valence-electron chi connectivity index (χ0n) is 8.56. The van der Waals surface area contributed by atoms with Gasteiger partial charge in [-0.25, -0.2) is 0 Å². The summed E-state index contributed by atoms with van der Waals surface area (Å²) < 4.78 is 0. The molecule has 1 fully saturated rings. The van der Waals surface area contributed by atoms with Crippen LogP contribution in [0.5, 0.6) is 0 Å². The predicted molar refractivity (Wildman–Crippen MR) is 53.5 cm³/mol. The van der Waals surface area contributed by atoms with Gasteiger partial charge in [-0.3, -0.25) is 9.59 Å². The Bertz CT molecular complexity index is 278. The van der Waals surface area contributed by atoms with Crippen molar-refractivity contribution in [3.63, 3.8) is 0 Å². The summed E-state index contributed by atoms with van der Waals surface area (Å²) in [6.07, 6.45) is -0.137. The van der Waals surface area contributed by atoms with Gasteiger partial charge in [-0.05, 0) is 12.8 Å². The number of carboxylic acid groups (broad SMARTS) is 2. The van der Waals surface area contributed by atoms with Crippen molar-refractivity contribution in [2.75, 3.05) is 6.54 Å². The Balaban J connectivity index is 2.82. The summed E-state index contributed by atoms with van der Waals surface area (Å²) in [7, 11) is 0. The molecule has 1 aliphatic rings. The zero-order chi connectivity index (χ0) is 11.6. The molecule has 5 nitrogen and oxygen atoms in total. The first-order valence-electron chi connectivity index (χ1n) is 4.77. The molecule has 0 amide bonds. The van der Waals surface area contributed by atoms with Crippen LogP contribution in [0.15, 0.2) is 12.2 Å². The predicted octanol–water partition coefficient (Wildman–Crippen LogP) is 0.326. The molecule has 0 saturated carbocycles. The van der Waals surface area contributed by atoms with E-state index < -0.39 is 23.9 Å². The lowest BCUT2D eigenvalue weighted by Gasteiger charge is -2.19. The lowest BCUT2D eigenvalue weighted by molar-refractivity contribution is -0.142. The maximum absolute atomic E-state index is 10.9. The van der Waals surface area contributed by atoms with Crippen molar-refractivity contribution in [3.8, 4) is 0 Å². The van der Waals surface area contributed by atoms with Crippen LogP contribution in [0, 0.1) is 11.8 Å². The van der Waals surface area contributed by atoms with Crippen molar-refractivity contribution in [1.82, 2.24) is 5.32 Å². The molecule has 84 valence electrons. The van der Waals surface area contributed by atoms with Crippen LogP contribution in [-0.2, 0) is 9.59 Å². The van der Waals surface area contributed by atoms with Crippen LogP contribution in [0.2, 0.25) is 0 Å². The van der Waals surface area contributed by atoms with E-state index in [1.807, 2.05) is 0 Å². The minimum Gasteiger partial charge on any atom is -0.481 e. The largest absolute Gasteiger partial charge is 0.481 e. The number of rotatable bonds is 4. The van der Waals surface area contributed by atoms with Crippen LogP contribution in [0.1, 0.15) is 13.3 Å². The standard InChI is InChI=1S/C10H15NO4/c1-5(2)7-4-11-9(10(14)15)6(7)3-8(12)13/h6-7,9,11H,1,3-4H2,2H3,(H,12,13)(H,14,15)/t6-,7-,9-/m0/s1. The van der Waals surface area contributed by atoms with Gasteiger partial charge < -0.3 is 15.5 Å². The molecule has 0 aromatic heterocycles. The number of hydrogen-bond acceptors (Lipinski definition) is 3. The average Bonchev–Trinajstić information content (AvgIpc) is 2.46. The van der Waals surface area contributed by atoms with E-state index in [-0.39, 0.29) is 12.3 Å². The Morgan fingerprint density at radius 3 is 2.47 bits per heavy atom. The third-order valence-corrected chi connectivity index (χ3v) is 2.81. The minimum atomic E-state index is -0.995. The molecule has 0 spiro atoms. The number of hydrogen-bond donors (Lipinski definition) is 3. The van der Waals surface area contributed by atoms with Crippen LogP contribution in [0.25, 0.3) is 0 Å². The molecular weight excluding hydrogens is 198 g/mol. The van der Waals surface area contributed by atoms with E-state index >= 15 is 0 Å². The Morgan fingerprint density at radius 1 is 1.47 bits per heavy atom. The molecule has 1 heterocycles. The maximum atomic E-state index is 10.9. The first-order valence-corrected chi connectivity index (χ1v) is 4.77. The molecule has 1 aliphatic heterocycles. The van der Waals surface area contributed by atoms with E-state index in [1.165, 1.54) is 0 Å². The molecule has 0 unspecified atom stereocenters. The van der Waals surface area contributed by atoms with Crippen molar-refractivity contribution >= 4 is 11.9 Å². The van der Waals surface area contributed by atoms with Crippen molar-refractivity contribution < 1.29 is 19.8 Å². The van der Waals surface area contributed by atoms with Gasteiger partial charge in [0.05, 0.1) is 6.42 Å². The Kier molecular flexibility index (Phi) is 3.47. The fourth-order valence-corrected chi connectivity index (χ4v) is 2.06. The van der Waals surface area contributed by atoms with Gasteiger partial charge in [0.25, 0.3) is 0 Å². The molecule has 0 aliphatic carbocycles. The van der Waals surface area contributed by atoms with Crippen LogP contribution >= 0.6 is 0 Å². The summed E-state index contributed by atoms with van der Waals surface area (Å²) in [5.74, 6) is -2.44. The van der Waals surface area contributed by atoms with E-state index in [4.69, 9.17) is 10.2 Å². The van der Waals surface area contributed by atoms with Crippen LogP contribution < -0.4 is 5.32 Å². The highest BCUT2D eigenvalue weighted by Crippen LogP contribution is 2.30. The zero-order valence-corrected chi connectivity index (χ0v) is 8.56. The fourth-order valence-electron chi connectivity index (χ4n) is 2.06. The lowest BCUT2D eigenvalue weighted by Crippen LogP contribution is -2.36. The molecule has 15 heavy (non-hydrogen) atoms. The summed E-state index contributed by atoms with van der Waals surface area (Å²) >= 11 is 0. The number of aliphatic carboxylic acids is 2. The van der Waals surface area contributed by atoms with Crippen LogP contribution in [0.3, 0.4) is 0 Å². The van der Waals surface area contributed by atoms with E-state index in [9.17, 15) is 9.59 Å². The lowest BCUT2D eigenvalue weighted by atomic mass is 9.84.